The summed E-state index contributed by atoms with van der Waals surface area (Å²) in [5.74, 6) is -1.29. The van der Waals surface area contributed by atoms with Crippen molar-refractivity contribution in [2.75, 3.05) is 0 Å². The molecule has 0 heterocycles. The summed E-state index contributed by atoms with van der Waals surface area (Å²) in [6.07, 6.45) is 3.65. The topological polar surface area (TPSA) is 66.4 Å². The fourth-order valence-electron chi connectivity index (χ4n) is 4.40. The first kappa shape index (κ1) is 15.1. The number of benzene rings is 1. The number of aliphatic carboxylic acids is 1. The van der Waals surface area contributed by atoms with Gasteiger partial charge in [0.25, 0.3) is 0 Å². The molecule has 0 radical (unpaired) electrons. The first-order valence-corrected chi connectivity index (χ1v) is 8.20. The van der Waals surface area contributed by atoms with Gasteiger partial charge in [0.15, 0.2) is 0 Å². The van der Waals surface area contributed by atoms with E-state index in [-0.39, 0.29) is 29.7 Å². The van der Waals surface area contributed by atoms with Crippen LogP contribution in [0.15, 0.2) is 30.3 Å². The lowest BCUT2D eigenvalue weighted by atomic mass is 9.78. The van der Waals surface area contributed by atoms with E-state index in [1.807, 2.05) is 37.3 Å². The second-order valence-corrected chi connectivity index (χ2v) is 6.60. The molecule has 2 saturated carbocycles. The molecule has 2 N–H and O–H groups in total. The van der Waals surface area contributed by atoms with Gasteiger partial charge in [-0.25, -0.2) is 0 Å². The molecule has 0 unspecified atom stereocenters. The highest BCUT2D eigenvalue weighted by Gasteiger charge is 2.54. The molecule has 1 aromatic rings. The van der Waals surface area contributed by atoms with E-state index in [1.165, 1.54) is 0 Å². The zero-order valence-corrected chi connectivity index (χ0v) is 12.9. The molecule has 0 spiro atoms. The van der Waals surface area contributed by atoms with Crippen LogP contribution in [-0.2, 0) is 9.59 Å². The van der Waals surface area contributed by atoms with E-state index >= 15 is 0 Å². The summed E-state index contributed by atoms with van der Waals surface area (Å²) in [6.45, 7) is 2.04. The molecule has 3 rings (SSSR count). The number of nitrogens with one attached hydrogen (secondary N) is 1. The quantitative estimate of drug-likeness (QED) is 0.878. The summed E-state index contributed by atoms with van der Waals surface area (Å²) < 4.78 is 0. The lowest BCUT2D eigenvalue weighted by Crippen LogP contribution is -2.42. The van der Waals surface area contributed by atoms with Crippen LogP contribution >= 0.6 is 0 Å². The number of rotatable bonds is 5. The zero-order chi connectivity index (χ0) is 15.7. The lowest BCUT2D eigenvalue weighted by Gasteiger charge is -2.29. The number of carboxylic acids is 1. The van der Waals surface area contributed by atoms with Crippen LogP contribution in [0, 0.1) is 23.7 Å². The Balaban J connectivity index is 1.74. The van der Waals surface area contributed by atoms with Crippen molar-refractivity contribution in [2.24, 2.45) is 23.7 Å². The van der Waals surface area contributed by atoms with Gasteiger partial charge in [0.1, 0.15) is 0 Å². The predicted molar refractivity (Wildman–Crippen MR) is 83.1 cm³/mol. The third kappa shape index (κ3) is 2.62. The molecule has 0 aromatic heterocycles. The summed E-state index contributed by atoms with van der Waals surface area (Å²) in [7, 11) is 0. The molecule has 2 bridgehead atoms. The van der Waals surface area contributed by atoms with Gasteiger partial charge < -0.3 is 10.4 Å². The summed E-state index contributed by atoms with van der Waals surface area (Å²) in [4.78, 5) is 24.3. The van der Waals surface area contributed by atoms with Crippen molar-refractivity contribution < 1.29 is 14.7 Å². The van der Waals surface area contributed by atoms with Gasteiger partial charge in [-0.3, -0.25) is 9.59 Å². The highest BCUT2D eigenvalue weighted by atomic mass is 16.4. The smallest absolute Gasteiger partial charge is 0.307 e. The molecular weight excluding hydrogens is 278 g/mol. The summed E-state index contributed by atoms with van der Waals surface area (Å²) >= 11 is 0. The fraction of sp³-hybridized carbons (Fsp3) is 0.556. The zero-order valence-electron chi connectivity index (χ0n) is 12.9. The molecule has 22 heavy (non-hydrogen) atoms. The second-order valence-electron chi connectivity index (χ2n) is 6.60. The third-order valence-corrected chi connectivity index (χ3v) is 5.43. The number of carboxylic acid groups (broad SMARTS) is 1. The van der Waals surface area contributed by atoms with Gasteiger partial charge in [-0.1, -0.05) is 37.3 Å². The molecule has 0 aliphatic heterocycles. The number of carbonyl (C=O) groups excluding carboxylic acids is 1. The van der Waals surface area contributed by atoms with E-state index in [2.05, 4.69) is 5.32 Å². The van der Waals surface area contributed by atoms with Gasteiger partial charge >= 0.3 is 5.97 Å². The van der Waals surface area contributed by atoms with Crippen LogP contribution in [0.3, 0.4) is 0 Å². The van der Waals surface area contributed by atoms with E-state index in [9.17, 15) is 14.7 Å². The summed E-state index contributed by atoms with van der Waals surface area (Å²) in [6, 6.07) is 9.84. The van der Waals surface area contributed by atoms with Crippen molar-refractivity contribution in [1.29, 1.82) is 0 Å². The summed E-state index contributed by atoms with van der Waals surface area (Å²) in [5.41, 5.74) is 1.08. The van der Waals surface area contributed by atoms with E-state index in [0.29, 0.717) is 0 Å². The van der Waals surface area contributed by atoms with Gasteiger partial charge in [0.05, 0.1) is 17.9 Å². The molecular formula is C18H23NO3. The van der Waals surface area contributed by atoms with Crippen LogP contribution in [0.1, 0.15) is 44.2 Å². The molecule has 2 aliphatic rings. The molecule has 2 fully saturated rings. The molecule has 118 valence electrons. The van der Waals surface area contributed by atoms with E-state index in [4.69, 9.17) is 0 Å². The van der Waals surface area contributed by atoms with Crippen molar-refractivity contribution in [3.8, 4) is 0 Å². The summed E-state index contributed by atoms with van der Waals surface area (Å²) in [5, 5.41) is 12.6. The second kappa shape index (κ2) is 6.11. The average molecular weight is 301 g/mol. The first-order valence-electron chi connectivity index (χ1n) is 8.20. The Labute approximate surface area is 130 Å². The van der Waals surface area contributed by atoms with Crippen molar-refractivity contribution in [3.63, 3.8) is 0 Å². The number of carbonyl (C=O) groups is 2. The molecule has 4 nitrogen and oxygen atoms in total. The Morgan fingerprint density at radius 2 is 1.82 bits per heavy atom. The van der Waals surface area contributed by atoms with Crippen LogP contribution < -0.4 is 5.32 Å². The Morgan fingerprint density at radius 3 is 2.41 bits per heavy atom. The minimum Gasteiger partial charge on any atom is -0.481 e. The van der Waals surface area contributed by atoms with Gasteiger partial charge in [0.2, 0.25) is 5.91 Å². The highest BCUT2D eigenvalue weighted by molar-refractivity contribution is 5.86. The fourth-order valence-corrected chi connectivity index (χ4v) is 4.40. The molecule has 0 saturated heterocycles. The van der Waals surface area contributed by atoms with Crippen LogP contribution in [0.5, 0.6) is 0 Å². The van der Waals surface area contributed by atoms with Crippen LogP contribution in [0.2, 0.25) is 0 Å². The van der Waals surface area contributed by atoms with E-state index in [0.717, 1.165) is 31.2 Å². The highest BCUT2D eigenvalue weighted by Crippen LogP contribution is 2.52. The van der Waals surface area contributed by atoms with Gasteiger partial charge in [0, 0.05) is 0 Å². The Kier molecular flexibility index (Phi) is 4.19. The maximum Gasteiger partial charge on any atom is 0.307 e. The number of fused-ring (bicyclic) bond motifs is 2. The minimum absolute atomic E-state index is 0.0396. The lowest BCUT2D eigenvalue weighted by molar-refractivity contribution is -0.149. The average Bonchev–Trinajstić information content (AvgIpc) is 3.14. The van der Waals surface area contributed by atoms with Crippen molar-refractivity contribution >= 4 is 11.9 Å². The standard InChI is InChI=1S/C18H23NO3/c1-2-14(11-6-4-3-5-7-11)19-17(20)15-12-8-9-13(10-12)16(15)18(21)22/h3-7,12-16H,2,8-10H2,1H3,(H,19,20)(H,21,22)/t12-,13+,14-,15+,16+/m0/s1. The van der Waals surface area contributed by atoms with Crippen molar-refractivity contribution in [1.82, 2.24) is 5.32 Å². The minimum atomic E-state index is -0.805. The molecule has 1 aromatic carbocycles. The monoisotopic (exact) mass is 301 g/mol. The van der Waals surface area contributed by atoms with Crippen molar-refractivity contribution in [2.45, 2.75) is 38.6 Å². The molecule has 2 aliphatic carbocycles. The number of hydrogen-bond donors (Lipinski definition) is 2. The van der Waals surface area contributed by atoms with Gasteiger partial charge in [-0.2, -0.15) is 0 Å². The largest absolute Gasteiger partial charge is 0.481 e. The maximum absolute atomic E-state index is 12.7. The number of hydrogen-bond acceptors (Lipinski definition) is 2. The molecule has 4 heteroatoms. The Bertz CT molecular complexity index is 557. The predicted octanol–water partition coefficient (Wildman–Crippen LogP) is 3.00. The van der Waals surface area contributed by atoms with Crippen LogP contribution in [0.4, 0.5) is 0 Å². The van der Waals surface area contributed by atoms with Crippen LogP contribution in [0.25, 0.3) is 0 Å². The third-order valence-electron chi connectivity index (χ3n) is 5.43. The SMILES string of the molecule is CC[C@H](NC(=O)[C@@H]1[C@H]2CC[C@H](C2)[C@H]1C(=O)O)c1ccccc1. The Morgan fingerprint density at radius 1 is 1.18 bits per heavy atom. The number of amides is 1. The molecule has 1 amide bonds. The first-order chi connectivity index (χ1) is 10.6. The maximum atomic E-state index is 12.7. The Hall–Kier alpha value is -1.84. The van der Waals surface area contributed by atoms with E-state index in [1.54, 1.807) is 0 Å². The van der Waals surface area contributed by atoms with Gasteiger partial charge in [-0.05, 0) is 43.1 Å². The van der Waals surface area contributed by atoms with E-state index < -0.39 is 11.9 Å². The normalized spacial score (nSPS) is 31.0. The molecule has 5 atom stereocenters. The van der Waals surface area contributed by atoms with Gasteiger partial charge in [-0.15, -0.1) is 0 Å². The van der Waals surface area contributed by atoms with Crippen LogP contribution in [-0.4, -0.2) is 17.0 Å². The van der Waals surface area contributed by atoms with Crippen molar-refractivity contribution in [3.05, 3.63) is 35.9 Å².